The van der Waals surface area contributed by atoms with E-state index in [1.54, 1.807) is 11.8 Å². The highest BCUT2D eigenvalue weighted by Gasteiger charge is 2.17. The van der Waals surface area contributed by atoms with Crippen molar-refractivity contribution < 1.29 is 0 Å². The minimum atomic E-state index is 0.423. The highest BCUT2D eigenvalue weighted by molar-refractivity contribution is 7.98. The summed E-state index contributed by atoms with van der Waals surface area (Å²) in [6.45, 7) is 0. The Labute approximate surface area is 146 Å². The van der Waals surface area contributed by atoms with Gasteiger partial charge < -0.3 is 11.1 Å². The summed E-state index contributed by atoms with van der Waals surface area (Å²) in [4.78, 5) is 5.86. The Balaban J connectivity index is 1.64. The number of nitrogens with one attached hydrogen (secondary N) is 1. The van der Waals surface area contributed by atoms with Crippen molar-refractivity contribution in [3.63, 3.8) is 0 Å². The van der Waals surface area contributed by atoms with Crippen LogP contribution in [0.2, 0.25) is 0 Å². The number of nitrogens with two attached hydrogens (primary N) is 1. The van der Waals surface area contributed by atoms with Crippen LogP contribution in [0.5, 0.6) is 0 Å². The topological polar surface area (TPSA) is 50.4 Å². The molecule has 3 aromatic carbocycles. The Bertz CT molecular complexity index is 930. The largest absolute Gasteiger partial charge is 0.369 e. The number of thioether (sulfide) groups is 1. The molecule has 0 spiro atoms. The number of guanidine groups is 1. The van der Waals surface area contributed by atoms with Gasteiger partial charge in [0.05, 0.1) is 5.69 Å². The van der Waals surface area contributed by atoms with Gasteiger partial charge in [-0.15, -0.1) is 11.8 Å². The van der Waals surface area contributed by atoms with Gasteiger partial charge in [0.1, 0.15) is 0 Å². The molecule has 3 aromatic rings. The lowest BCUT2D eigenvalue weighted by Gasteiger charge is -2.09. The summed E-state index contributed by atoms with van der Waals surface area (Å²) in [5, 5.41) is 5.82. The van der Waals surface area contributed by atoms with Crippen molar-refractivity contribution in [2.75, 3.05) is 11.6 Å². The van der Waals surface area contributed by atoms with Crippen LogP contribution in [0.15, 0.2) is 64.5 Å². The second-order valence-corrected chi connectivity index (χ2v) is 6.81. The molecule has 4 rings (SSSR count). The highest BCUT2D eigenvalue weighted by atomic mass is 32.2. The molecule has 0 amide bonds. The zero-order chi connectivity index (χ0) is 16.5. The van der Waals surface area contributed by atoms with E-state index in [4.69, 9.17) is 5.73 Å². The predicted molar refractivity (Wildman–Crippen MR) is 104 cm³/mol. The molecule has 24 heavy (non-hydrogen) atoms. The second-order valence-electron chi connectivity index (χ2n) is 5.93. The molecular formula is C20H19N3S. The minimum absolute atomic E-state index is 0.423. The lowest BCUT2D eigenvalue weighted by Crippen LogP contribution is -2.21. The van der Waals surface area contributed by atoms with Gasteiger partial charge in [-0.2, -0.15) is 0 Å². The van der Waals surface area contributed by atoms with E-state index in [9.17, 15) is 0 Å². The summed E-state index contributed by atoms with van der Waals surface area (Å²) in [6.07, 6.45) is 4.18. The number of benzene rings is 3. The van der Waals surface area contributed by atoms with Crippen LogP contribution in [-0.2, 0) is 12.8 Å². The second kappa shape index (κ2) is 6.21. The van der Waals surface area contributed by atoms with E-state index in [1.165, 1.54) is 26.8 Å². The Morgan fingerprint density at radius 1 is 1.04 bits per heavy atom. The molecule has 0 unspecified atom stereocenters. The fourth-order valence-corrected chi connectivity index (χ4v) is 3.74. The zero-order valence-corrected chi connectivity index (χ0v) is 14.4. The van der Waals surface area contributed by atoms with Crippen LogP contribution in [0.3, 0.4) is 0 Å². The number of anilines is 1. The first-order chi connectivity index (χ1) is 11.7. The van der Waals surface area contributed by atoms with Crippen molar-refractivity contribution >= 4 is 39.9 Å². The normalized spacial score (nSPS) is 13.5. The van der Waals surface area contributed by atoms with Gasteiger partial charge in [-0.25, -0.2) is 4.99 Å². The lowest BCUT2D eigenvalue weighted by molar-refractivity contribution is 1.02. The molecule has 3 nitrogen and oxygen atoms in total. The standard InChI is InChI=1S/C20H19N3S/c1-24-16-9-7-15(8-10-16)22-20(21)23-18-12-6-14-4-2-3-13-5-11-17(18)19(13)14/h2-4,6-10,12H,5,11H2,1H3,(H3,21,22,23). The van der Waals surface area contributed by atoms with Crippen molar-refractivity contribution in [1.82, 2.24) is 0 Å². The molecule has 3 N–H and O–H groups in total. The Kier molecular flexibility index (Phi) is 3.90. The molecule has 0 saturated heterocycles. The summed E-state index contributed by atoms with van der Waals surface area (Å²) in [7, 11) is 0. The molecule has 0 heterocycles. The monoisotopic (exact) mass is 333 g/mol. The van der Waals surface area contributed by atoms with Gasteiger partial charge in [-0.05, 0) is 71.3 Å². The van der Waals surface area contributed by atoms with Crippen molar-refractivity contribution in [3.8, 4) is 0 Å². The number of hydrogen-bond acceptors (Lipinski definition) is 2. The number of nitrogens with zero attached hydrogens (tertiary/aromatic N) is 1. The Hall–Kier alpha value is -2.46. The van der Waals surface area contributed by atoms with Crippen molar-refractivity contribution in [1.29, 1.82) is 0 Å². The maximum absolute atomic E-state index is 6.13. The van der Waals surface area contributed by atoms with Gasteiger partial charge in [-0.3, -0.25) is 0 Å². The first-order valence-electron chi connectivity index (χ1n) is 8.03. The van der Waals surface area contributed by atoms with Gasteiger partial charge in [0, 0.05) is 10.6 Å². The summed E-state index contributed by atoms with van der Waals surface area (Å²) in [5.74, 6) is 0.423. The molecule has 0 atom stereocenters. The van der Waals surface area contributed by atoms with Crippen molar-refractivity contribution in [2.45, 2.75) is 17.7 Å². The molecule has 0 fully saturated rings. The first-order valence-corrected chi connectivity index (χ1v) is 9.26. The first kappa shape index (κ1) is 15.1. The van der Waals surface area contributed by atoms with Crippen LogP contribution in [0.4, 0.5) is 11.4 Å². The van der Waals surface area contributed by atoms with Gasteiger partial charge in [0.25, 0.3) is 0 Å². The van der Waals surface area contributed by atoms with E-state index < -0.39 is 0 Å². The maximum Gasteiger partial charge on any atom is 0.198 e. The average molecular weight is 333 g/mol. The van der Waals surface area contributed by atoms with Gasteiger partial charge in [0.2, 0.25) is 0 Å². The average Bonchev–Trinajstić information content (AvgIpc) is 3.04. The van der Waals surface area contributed by atoms with Crippen LogP contribution in [0.1, 0.15) is 11.1 Å². The van der Waals surface area contributed by atoms with Crippen LogP contribution in [0, 0.1) is 0 Å². The van der Waals surface area contributed by atoms with Gasteiger partial charge >= 0.3 is 0 Å². The Morgan fingerprint density at radius 3 is 2.67 bits per heavy atom. The third-order valence-corrected chi connectivity index (χ3v) is 5.21. The third-order valence-electron chi connectivity index (χ3n) is 4.46. The molecule has 1 aliphatic rings. The Morgan fingerprint density at radius 2 is 1.88 bits per heavy atom. The number of aliphatic imine (C=N–C) groups is 1. The summed E-state index contributed by atoms with van der Waals surface area (Å²) >= 11 is 1.72. The summed E-state index contributed by atoms with van der Waals surface area (Å²) < 4.78 is 0. The van der Waals surface area contributed by atoms with Crippen molar-refractivity contribution in [3.05, 3.63) is 65.7 Å². The van der Waals surface area contributed by atoms with Gasteiger partial charge in [-0.1, -0.05) is 24.3 Å². The van der Waals surface area contributed by atoms with Crippen LogP contribution < -0.4 is 11.1 Å². The fraction of sp³-hybridized carbons (Fsp3) is 0.150. The fourth-order valence-electron chi connectivity index (χ4n) is 3.33. The molecule has 1 aliphatic carbocycles. The molecule has 0 saturated carbocycles. The number of hydrogen-bond donors (Lipinski definition) is 2. The molecule has 0 aromatic heterocycles. The maximum atomic E-state index is 6.13. The molecule has 120 valence electrons. The zero-order valence-electron chi connectivity index (χ0n) is 13.5. The van der Waals surface area contributed by atoms with E-state index in [2.05, 4.69) is 59.0 Å². The highest BCUT2D eigenvalue weighted by Crippen LogP contribution is 2.36. The van der Waals surface area contributed by atoms with E-state index in [1.807, 2.05) is 12.1 Å². The number of rotatable bonds is 3. The van der Waals surface area contributed by atoms with E-state index in [-0.39, 0.29) is 0 Å². The molecule has 0 aliphatic heterocycles. The SMILES string of the molecule is CSc1ccc(NC(N)=Nc2ccc3cccc4c3c2CC4)cc1. The van der Waals surface area contributed by atoms with Crippen molar-refractivity contribution in [2.24, 2.45) is 10.7 Å². The molecule has 0 bridgehead atoms. The number of aryl methyl sites for hydroxylation is 2. The minimum Gasteiger partial charge on any atom is -0.369 e. The summed E-state index contributed by atoms with van der Waals surface area (Å²) in [5.41, 5.74) is 10.8. The predicted octanol–water partition coefficient (Wildman–Crippen LogP) is 4.72. The smallest absolute Gasteiger partial charge is 0.198 e. The van der Waals surface area contributed by atoms with E-state index in [0.29, 0.717) is 5.96 Å². The third kappa shape index (κ3) is 2.74. The van der Waals surface area contributed by atoms with Gasteiger partial charge in [0.15, 0.2) is 5.96 Å². The van der Waals surface area contributed by atoms with E-state index in [0.717, 1.165) is 24.2 Å². The molecular weight excluding hydrogens is 314 g/mol. The molecule has 4 heteroatoms. The van der Waals surface area contributed by atoms with E-state index >= 15 is 0 Å². The van der Waals surface area contributed by atoms with Crippen LogP contribution in [0.25, 0.3) is 10.8 Å². The van der Waals surface area contributed by atoms with Crippen LogP contribution in [-0.4, -0.2) is 12.2 Å². The summed E-state index contributed by atoms with van der Waals surface area (Å²) in [6, 6.07) is 18.9. The van der Waals surface area contributed by atoms with Crippen LogP contribution >= 0.6 is 11.8 Å². The lowest BCUT2D eigenvalue weighted by atomic mass is 10.0. The quantitative estimate of drug-likeness (QED) is 0.414. The molecule has 0 radical (unpaired) electrons.